The number of likely N-dealkylation sites (N-methyl/N-ethyl adjacent to an activating group) is 1. The van der Waals surface area contributed by atoms with Crippen LogP contribution in [-0.2, 0) is 12.8 Å². The Bertz CT molecular complexity index is 483. The summed E-state index contributed by atoms with van der Waals surface area (Å²) in [6.45, 7) is 4.83. The van der Waals surface area contributed by atoms with Gasteiger partial charge in [-0.05, 0) is 13.1 Å². The molecule has 4 rings (SSSR count). The van der Waals surface area contributed by atoms with Crippen LogP contribution in [0, 0.1) is 0 Å². The minimum atomic E-state index is 0.377. The van der Waals surface area contributed by atoms with Gasteiger partial charge in [0.1, 0.15) is 11.5 Å². The van der Waals surface area contributed by atoms with Crippen LogP contribution < -0.4 is 14.8 Å². The molecule has 3 aliphatic rings. The fourth-order valence-electron chi connectivity index (χ4n) is 3.48. The van der Waals surface area contributed by atoms with Crippen molar-refractivity contribution in [1.29, 1.82) is 0 Å². The first kappa shape index (κ1) is 11.6. The van der Waals surface area contributed by atoms with Gasteiger partial charge in [-0.1, -0.05) is 0 Å². The second-order valence-corrected chi connectivity index (χ2v) is 5.72. The molecule has 0 saturated carbocycles. The van der Waals surface area contributed by atoms with Crippen LogP contribution in [0.1, 0.15) is 22.7 Å². The van der Waals surface area contributed by atoms with Crippen LogP contribution in [-0.4, -0.2) is 44.8 Å². The van der Waals surface area contributed by atoms with Gasteiger partial charge in [0.25, 0.3) is 0 Å². The molecular formula is C15H20N2O2. The molecule has 1 unspecified atom stereocenters. The Labute approximate surface area is 113 Å². The summed E-state index contributed by atoms with van der Waals surface area (Å²) < 4.78 is 11.7. The number of piperazine rings is 1. The maximum absolute atomic E-state index is 5.93. The first-order valence-electron chi connectivity index (χ1n) is 7.19. The van der Waals surface area contributed by atoms with Crippen LogP contribution in [0.25, 0.3) is 0 Å². The number of benzene rings is 1. The molecule has 0 bridgehead atoms. The first-order chi connectivity index (χ1) is 9.33. The fraction of sp³-hybridized carbons (Fsp3) is 0.600. The minimum absolute atomic E-state index is 0.377. The van der Waals surface area contributed by atoms with Gasteiger partial charge in [0, 0.05) is 55.2 Å². The Balaban J connectivity index is 1.81. The lowest BCUT2D eigenvalue weighted by atomic mass is 9.93. The normalized spacial score (nSPS) is 25.6. The third-order valence-electron chi connectivity index (χ3n) is 4.42. The molecule has 1 atom stereocenters. The second kappa shape index (κ2) is 4.39. The molecule has 1 saturated heterocycles. The summed E-state index contributed by atoms with van der Waals surface area (Å²) in [4.78, 5) is 2.39. The summed E-state index contributed by atoms with van der Waals surface area (Å²) in [5.74, 6) is 2.23. The predicted octanol–water partition coefficient (Wildman–Crippen LogP) is 1.13. The number of rotatable bonds is 1. The van der Waals surface area contributed by atoms with Gasteiger partial charge in [0.2, 0.25) is 0 Å². The van der Waals surface area contributed by atoms with E-state index in [-0.39, 0.29) is 0 Å². The fourth-order valence-corrected chi connectivity index (χ4v) is 3.48. The number of fused-ring (bicyclic) bond motifs is 2. The zero-order valence-electron chi connectivity index (χ0n) is 11.4. The Kier molecular flexibility index (Phi) is 2.67. The second-order valence-electron chi connectivity index (χ2n) is 5.72. The predicted molar refractivity (Wildman–Crippen MR) is 73.1 cm³/mol. The highest BCUT2D eigenvalue weighted by atomic mass is 16.5. The van der Waals surface area contributed by atoms with Crippen molar-refractivity contribution in [3.05, 3.63) is 22.8 Å². The van der Waals surface area contributed by atoms with Crippen molar-refractivity contribution in [3.63, 3.8) is 0 Å². The molecule has 102 valence electrons. The maximum Gasteiger partial charge on any atom is 0.127 e. The molecule has 0 spiro atoms. The lowest BCUT2D eigenvalue weighted by Gasteiger charge is -2.32. The molecular weight excluding hydrogens is 240 g/mol. The van der Waals surface area contributed by atoms with Crippen molar-refractivity contribution >= 4 is 0 Å². The van der Waals surface area contributed by atoms with Crippen molar-refractivity contribution in [2.45, 2.75) is 18.9 Å². The van der Waals surface area contributed by atoms with E-state index in [4.69, 9.17) is 9.47 Å². The van der Waals surface area contributed by atoms with Gasteiger partial charge in [-0.25, -0.2) is 0 Å². The number of hydrogen-bond donors (Lipinski definition) is 1. The number of hydrogen-bond acceptors (Lipinski definition) is 4. The molecule has 3 heterocycles. The van der Waals surface area contributed by atoms with Gasteiger partial charge in [0.15, 0.2) is 0 Å². The van der Waals surface area contributed by atoms with E-state index in [0.717, 1.165) is 57.2 Å². The van der Waals surface area contributed by atoms with Crippen molar-refractivity contribution < 1.29 is 9.47 Å². The van der Waals surface area contributed by atoms with Crippen molar-refractivity contribution in [2.75, 3.05) is 39.9 Å². The third kappa shape index (κ3) is 1.82. The number of nitrogens with one attached hydrogen (secondary N) is 1. The highest BCUT2D eigenvalue weighted by molar-refractivity contribution is 5.58. The van der Waals surface area contributed by atoms with E-state index in [1.54, 1.807) is 0 Å². The average Bonchev–Trinajstić information content (AvgIpc) is 3.03. The zero-order valence-corrected chi connectivity index (χ0v) is 11.4. The smallest absolute Gasteiger partial charge is 0.127 e. The van der Waals surface area contributed by atoms with Gasteiger partial charge in [-0.3, -0.25) is 0 Å². The molecule has 0 amide bonds. The molecule has 1 aromatic carbocycles. The summed E-state index contributed by atoms with van der Waals surface area (Å²) in [6.07, 6.45) is 2.03. The molecule has 19 heavy (non-hydrogen) atoms. The molecule has 1 N–H and O–H groups in total. The van der Waals surface area contributed by atoms with Gasteiger partial charge in [-0.15, -0.1) is 0 Å². The topological polar surface area (TPSA) is 33.7 Å². The standard InChI is InChI=1S/C15H20N2O2/c1-17-5-4-16-12(9-17)14-11-3-7-18-13(11)8-10-2-6-19-15(10)14/h8,12,16H,2-7,9H2,1H3. The Morgan fingerprint density at radius 1 is 1.26 bits per heavy atom. The Morgan fingerprint density at radius 3 is 3.05 bits per heavy atom. The van der Waals surface area contributed by atoms with E-state index in [9.17, 15) is 0 Å². The summed E-state index contributed by atoms with van der Waals surface area (Å²) in [6, 6.07) is 2.57. The van der Waals surface area contributed by atoms with Gasteiger partial charge >= 0.3 is 0 Å². The van der Waals surface area contributed by atoms with Crippen molar-refractivity contribution in [3.8, 4) is 11.5 Å². The van der Waals surface area contributed by atoms with Crippen molar-refractivity contribution in [1.82, 2.24) is 10.2 Å². The largest absolute Gasteiger partial charge is 0.493 e. The molecule has 0 aromatic heterocycles. The molecule has 4 nitrogen and oxygen atoms in total. The van der Waals surface area contributed by atoms with Crippen LogP contribution in [0.15, 0.2) is 6.07 Å². The van der Waals surface area contributed by atoms with Crippen molar-refractivity contribution in [2.24, 2.45) is 0 Å². The van der Waals surface area contributed by atoms with E-state index in [2.05, 4.69) is 23.3 Å². The summed E-state index contributed by atoms with van der Waals surface area (Å²) >= 11 is 0. The van der Waals surface area contributed by atoms with Crippen LogP contribution >= 0.6 is 0 Å². The van der Waals surface area contributed by atoms with Gasteiger partial charge in [-0.2, -0.15) is 0 Å². The number of ether oxygens (including phenoxy) is 2. The summed E-state index contributed by atoms with van der Waals surface area (Å²) in [7, 11) is 2.19. The summed E-state index contributed by atoms with van der Waals surface area (Å²) in [5, 5.41) is 3.65. The SMILES string of the molecule is CN1CCNC(c2c3c(cc4c2OCC4)OCC3)C1. The molecule has 0 aliphatic carbocycles. The monoisotopic (exact) mass is 260 g/mol. The molecule has 3 aliphatic heterocycles. The maximum atomic E-state index is 5.93. The van der Waals surface area contributed by atoms with Crippen LogP contribution in [0.3, 0.4) is 0 Å². The highest BCUT2D eigenvalue weighted by Gasteiger charge is 2.32. The lowest BCUT2D eigenvalue weighted by molar-refractivity contribution is 0.236. The Morgan fingerprint density at radius 2 is 2.16 bits per heavy atom. The van der Waals surface area contributed by atoms with E-state index in [1.165, 1.54) is 16.7 Å². The summed E-state index contributed by atoms with van der Waals surface area (Å²) in [5.41, 5.74) is 4.06. The van der Waals surface area contributed by atoms with Crippen LogP contribution in [0.4, 0.5) is 0 Å². The quantitative estimate of drug-likeness (QED) is 0.821. The minimum Gasteiger partial charge on any atom is -0.493 e. The molecule has 0 radical (unpaired) electrons. The van der Waals surface area contributed by atoms with Crippen LogP contribution in [0.5, 0.6) is 11.5 Å². The number of nitrogens with zero attached hydrogens (tertiary/aromatic N) is 1. The molecule has 4 heteroatoms. The first-order valence-corrected chi connectivity index (χ1v) is 7.19. The average molecular weight is 260 g/mol. The zero-order chi connectivity index (χ0) is 12.8. The molecule has 1 fully saturated rings. The van der Waals surface area contributed by atoms with E-state index in [1.807, 2.05) is 0 Å². The van der Waals surface area contributed by atoms with E-state index < -0.39 is 0 Å². The highest BCUT2D eigenvalue weighted by Crippen LogP contribution is 2.43. The third-order valence-corrected chi connectivity index (χ3v) is 4.42. The van der Waals surface area contributed by atoms with Crippen LogP contribution in [0.2, 0.25) is 0 Å². The van der Waals surface area contributed by atoms with E-state index in [0.29, 0.717) is 6.04 Å². The molecule has 1 aromatic rings. The van der Waals surface area contributed by atoms with Gasteiger partial charge < -0.3 is 19.7 Å². The van der Waals surface area contributed by atoms with Gasteiger partial charge in [0.05, 0.1) is 13.2 Å². The van der Waals surface area contributed by atoms with E-state index >= 15 is 0 Å². The lowest BCUT2D eigenvalue weighted by Crippen LogP contribution is -2.44. The Hall–Kier alpha value is -1.26.